The molecule has 0 aromatic carbocycles. The number of hydrogen-bond donors (Lipinski definition) is 5. The number of amides is 1. The first-order valence-corrected chi connectivity index (χ1v) is 8.62. The van der Waals surface area contributed by atoms with Gasteiger partial charge < -0.3 is 26.9 Å². The molecule has 0 aromatic heterocycles. The molecule has 1 unspecified atom stereocenters. The predicted molar refractivity (Wildman–Crippen MR) is 92.3 cm³/mol. The minimum absolute atomic E-state index is 0.0388. The van der Waals surface area contributed by atoms with Crippen LogP contribution >= 0.6 is 0 Å². The number of carbonyl (C=O) groups is 2. The van der Waals surface area contributed by atoms with Crippen LogP contribution in [0, 0.1) is 0 Å². The van der Waals surface area contributed by atoms with E-state index in [0.29, 0.717) is 19.4 Å². The monoisotopic (exact) mass is 339 g/mol. The number of nitrogens with zero attached hydrogens (tertiary/aromatic N) is 2. The van der Waals surface area contributed by atoms with Crippen LogP contribution in [-0.2, 0) is 9.59 Å². The smallest absolute Gasteiger partial charge is 0.237 e. The van der Waals surface area contributed by atoms with Crippen LogP contribution in [0.25, 0.3) is 0 Å². The number of aliphatic imine (C=N–C) groups is 1. The Labute approximate surface area is 142 Å². The van der Waals surface area contributed by atoms with Crippen LogP contribution in [0.4, 0.5) is 0 Å². The highest BCUT2D eigenvalue weighted by molar-refractivity contribution is 5.84. The van der Waals surface area contributed by atoms with Crippen molar-refractivity contribution in [2.45, 2.75) is 43.9 Å². The number of likely N-dealkylation sites (tertiary alicyclic amines) is 1. The summed E-state index contributed by atoms with van der Waals surface area (Å²) in [4.78, 5) is 29.9. The normalized spacial score (nSPS) is 25.8. The summed E-state index contributed by atoms with van der Waals surface area (Å²) >= 11 is 0. The maximum absolute atomic E-state index is 12.6. The number of hydrogen-bond acceptors (Lipinski definition) is 6. The summed E-state index contributed by atoms with van der Waals surface area (Å²) in [5, 5.41) is 9.64. The van der Waals surface area contributed by atoms with Crippen molar-refractivity contribution >= 4 is 18.2 Å². The third kappa shape index (κ3) is 5.43. The van der Waals surface area contributed by atoms with Gasteiger partial charge >= 0.3 is 0 Å². The number of nitrogens with two attached hydrogens (primary N) is 2. The number of carbonyl (C=O) groups excluding carboxylic acids is 2. The number of piperazine rings is 1. The lowest BCUT2D eigenvalue weighted by Crippen LogP contribution is -2.61. The molecular formula is C15H29N7O2. The summed E-state index contributed by atoms with van der Waals surface area (Å²) in [7, 11) is 0. The SMILES string of the molecule is NC(N)=NCCC[C@@H](C=O)NC(=O)[C@@H]1CCCN1C1CNCCN1. The Morgan fingerprint density at radius 1 is 1.42 bits per heavy atom. The standard InChI is InChI=1S/C15H29N7O2/c16-15(17)20-5-1-3-11(10-23)21-14(24)12-4-2-8-22(12)13-9-18-6-7-19-13/h10-13,18-19H,1-9H2,(H,21,24)(H4,16,17,20)/t11-,12-,13?/m0/s1. The number of rotatable bonds is 8. The molecule has 0 spiro atoms. The van der Waals surface area contributed by atoms with Crippen molar-refractivity contribution < 1.29 is 9.59 Å². The zero-order chi connectivity index (χ0) is 17.4. The fourth-order valence-electron chi connectivity index (χ4n) is 3.29. The fourth-order valence-corrected chi connectivity index (χ4v) is 3.29. The van der Waals surface area contributed by atoms with E-state index in [4.69, 9.17) is 11.5 Å². The Bertz CT molecular complexity index is 447. The third-order valence-corrected chi connectivity index (χ3v) is 4.48. The zero-order valence-electron chi connectivity index (χ0n) is 14.0. The van der Waals surface area contributed by atoms with E-state index in [0.717, 1.165) is 45.3 Å². The molecule has 2 aliphatic heterocycles. The van der Waals surface area contributed by atoms with E-state index >= 15 is 0 Å². The maximum Gasteiger partial charge on any atom is 0.237 e. The molecular weight excluding hydrogens is 310 g/mol. The first-order valence-electron chi connectivity index (χ1n) is 8.62. The van der Waals surface area contributed by atoms with E-state index in [2.05, 4.69) is 25.8 Å². The molecule has 0 aliphatic carbocycles. The van der Waals surface area contributed by atoms with Crippen molar-refractivity contribution in [2.75, 3.05) is 32.7 Å². The Morgan fingerprint density at radius 2 is 2.25 bits per heavy atom. The first kappa shape index (κ1) is 18.6. The molecule has 24 heavy (non-hydrogen) atoms. The Kier molecular flexibility index (Phi) is 7.41. The van der Waals surface area contributed by atoms with Crippen molar-refractivity contribution in [1.29, 1.82) is 0 Å². The molecule has 2 saturated heterocycles. The van der Waals surface area contributed by atoms with Gasteiger partial charge in [0.2, 0.25) is 5.91 Å². The minimum atomic E-state index is -0.494. The van der Waals surface area contributed by atoms with Gasteiger partial charge in [0.1, 0.15) is 6.29 Å². The van der Waals surface area contributed by atoms with E-state index < -0.39 is 6.04 Å². The number of guanidine groups is 1. The van der Waals surface area contributed by atoms with Crippen molar-refractivity contribution in [3.05, 3.63) is 0 Å². The van der Waals surface area contributed by atoms with Gasteiger partial charge in [0.05, 0.1) is 18.2 Å². The minimum Gasteiger partial charge on any atom is -0.370 e. The largest absolute Gasteiger partial charge is 0.370 e. The van der Waals surface area contributed by atoms with Crippen LogP contribution in [0.5, 0.6) is 0 Å². The highest BCUT2D eigenvalue weighted by Gasteiger charge is 2.36. The Hall–Kier alpha value is -1.71. The molecule has 2 fully saturated rings. The van der Waals surface area contributed by atoms with E-state index in [1.165, 1.54) is 0 Å². The summed E-state index contributed by atoms with van der Waals surface area (Å²) in [6.45, 7) is 4.03. The predicted octanol–water partition coefficient (Wildman–Crippen LogP) is -2.29. The summed E-state index contributed by atoms with van der Waals surface area (Å²) in [5.41, 5.74) is 10.5. The second-order valence-electron chi connectivity index (χ2n) is 6.27. The van der Waals surface area contributed by atoms with Crippen LogP contribution in [0.1, 0.15) is 25.7 Å². The molecule has 0 saturated carbocycles. The van der Waals surface area contributed by atoms with Gasteiger partial charge in [0.25, 0.3) is 0 Å². The van der Waals surface area contributed by atoms with Crippen molar-refractivity contribution in [1.82, 2.24) is 20.9 Å². The van der Waals surface area contributed by atoms with Crippen molar-refractivity contribution in [3.63, 3.8) is 0 Å². The number of nitrogens with one attached hydrogen (secondary N) is 3. The summed E-state index contributed by atoms with van der Waals surface area (Å²) in [6, 6.07) is -0.672. The molecule has 9 nitrogen and oxygen atoms in total. The lowest BCUT2D eigenvalue weighted by Gasteiger charge is -2.36. The topological polar surface area (TPSA) is 138 Å². The molecule has 2 rings (SSSR count). The van der Waals surface area contributed by atoms with E-state index in [1.54, 1.807) is 0 Å². The molecule has 7 N–H and O–H groups in total. The van der Waals surface area contributed by atoms with Crippen LogP contribution in [0.2, 0.25) is 0 Å². The van der Waals surface area contributed by atoms with Gasteiger partial charge in [-0.05, 0) is 25.7 Å². The van der Waals surface area contributed by atoms with Gasteiger partial charge in [0, 0.05) is 32.7 Å². The summed E-state index contributed by atoms with van der Waals surface area (Å²) in [5.74, 6) is -0.0318. The maximum atomic E-state index is 12.6. The fraction of sp³-hybridized carbons (Fsp3) is 0.800. The van der Waals surface area contributed by atoms with E-state index in [9.17, 15) is 9.59 Å². The lowest BCUT2D eigenvalue weighted by atomic mass is 10.1. The highest BCUT2D eigenvalue weighted by atomic mass is 16.2. The quantitative estimate of drug-likeness (QED) is 0.145. The molecule has 3 atom stereocenters. The van der Waals surface area contributed by atoms with Crippen LogP contribution in [0.15, 0.2) is 4.99 Å². The molecule has 2 aliphatic rings. The van der Waals surface area contributed by atoms with Crippen LogP contribution < -0.4 is 27.4 Å². The average molecular weight is 339 g/mol. The first-order chi connectivity index (χ1) is 11.6. The second kappa shape index (κ2) is 9.55. The number of aldehydes is 1. The molecule has 0 aromatic rings. The third-order valence-electron chi connectivity index (χ3n) is 4.48. The molecule has 136 valence electrons. The van der Waals surface area contributed by atoms with E-state index in [-0.39, 0.29) is 24.1 Å². The van der Waals surface area contributed by atoms with Crippen molar-refractivity contribution in [2.24, 2.45) is 16.5 Å². The van der Waals surface area contributed by atoms with Crippen molar-refractivity contribution in [3.8, 4) is 0 Å². The Balaban J connectivity index is 1.82. The molecule has 1 amide bonds. The van der Waals surface area contributed by atoms with Crippen LogP contribution in [0.3, 0.4) is 0 Å². The highest BCUT2D eigenvalue weighted by Crippen LogP contribution is 2.20. The van der Waals surface area contributed by atoms with E-state index in [1.807, 2.05) is 0 Å². The van der Waals surface area contributed by atoms with Gasteiger partial charge in [-0.1, -0.05) is 0 Å². The molecule has 2 heterocycles. The van der Waals surface area contributed by atoms with Crippen LogP contribution in [-0.4, -0.2) is 74.0 Å². The molecule has 0 radical (unpaired) electrons. The van der Waals surface area contributed by atoms with Gasteiger partial charge in [-0.2, -0.15) is 0 Å². The summed E-state index contributed by atoms with van der Waals surface area (Å²) in [6.07, 6.45) is 3.95. The van der Waals surface area contributed by atoms with Gasteiger partial charge in [-0.3, -0.25) is 20.0 Å². The molecule has 9 heteroatoms. The van der Waals surface area contributed by atoms with Gasteiger partial charge in [-0.25, -0.2) is 0 Å². The zero-order valence-corrected chi connectivity index (χ0v) is 14.0. The second-order valence-corrected chi connectivity index (χ2v) is 6.27. The van der Waals surface area contributed by atoms with Gasteiger partial charge in [0.15, 0.2) is 5.96 Å². The average Bonchev–Trinajstić information content (AvgIpc) is 3.08. The lowest BCUT2D eigenvalue weighted by molar-refractivity contribution is -0.129. The Morgan fingerprint density at radius 3 is 2.92 bits per heavy atom. The van der Waals surface area contributed by atoms with Gasteiger partial charge in [-0.15, -0.1) is 0 Å². The summed E-state index contributed by atoms with van der Waals surface area (Å²) < 4.78 is 0. The molecule has 0 bridgehead atoms.